The monoisotopic (exact) mass is 432 g/mol. The number of phenols is 1. The van der Waals surface area contributed by atoms with Crippen LogP contribution < -0.4 is 5.32 Å². The number of unbranched alkanes of at least 4 members (excludes halogenated alkanes) is 1. The number of aromatic hydroxyl groups is 1. The maximum Gasteiger partial charge on any atom is 0.124 e. The quantitative estimate of drug-likeness (QED) is 0.601. The SMILES string of the molecule is CCCC[C@H](c1cc(C(C)(C)C)cc(C(C)(C)C)c1O)N1CCNCC1.Cl.Cl. The number of benzene rings is 1. The van der Waals surface area contributed by atoms with Gasteiger partial charge >= 0.3 is 0 Å². The van der Waals surface area contributed by atoms with E-state index in [2.05, 4.69) is 70.8 Å². The van der Waals surface area contributed by atoms with E-state index in [1.165, 1.54) is 18.4 Å². The number of nitrogens with zero attached hydrogens (tertiary/aromatic N) is 1. The van der Waals surface area contributed by atoms with E-state index in [1.54, 1.807) is 0 Å². The molecule has 5 heteroatoms. The molecule has 0 bridgehead atoms. The van der Waals surface area contributed by atoms with E-state index in [-0.39, 0.29) is 35.6 Å². The van der Waals surface area contributed by atoms with Crippen molar-refractivity contribution >= 4 is 24.8 Å². The normalized spacial score (nSPS) is 16.8. The zero-order valence-electron chi connectivity index (χ0n) is 18.9. The molecule has 1 fully saturated rings. The van der Waals surface area contributed by atoms with Gasteiger partial charge in [-0.3, -0.25) is 4.90 Å². The lowest BCUT2D eigenvalue weighted by atomic mass is 9.77. The van der Waals surface area contributed by atoms with Crippen molar-refractivity contribution < 1.29 is 5.11 Å². The summed E-state index contributed by atoms with van der Waals surface area (Å²) in [6.45, 7) is 19.8. The highest BCUT2D eigenvalue weighted by Gasteiger charge is 2.30. The second-order valence-electron chi connectivity index (χ2n) is 9.91. The molecule has 0 aliphatic carbocycles. The van der Waals surface area contributed by atoms with Gasteiger partial charge in [0.2, 0.25) is 0 Å². The van der Waals surface area contributed by atoms with Gasteiger partial charge in [-0.1, -0.05) is 67.4 Å². The van der Waals surface area contributed by atoms with Gasteiger partial charge in [-0.05, 0) is 34.4 Å². The Morgan fingerprint density at radius 3 is 2.04 bits per heavy atom. The number of piperazine rings is 1. The molecule has 1 heterocycles. The molecule has 1 aliphatic heterocycles. The highest BCUT2D eigenvalue weighted by Crippen LogP contribution is 2.42. The molecule has 1 aromatic rings. The van der Waals surface area contributed by atoms with E-state index in [0.717, 1.165) is 43.7 Å². The third-order valence-electron chi connectivity index (χ3n) is 5.60. The third-order valence-corrected chi connectivity index (χ3v) is 5.60. The van der Waals surface area contributed by atoms with Gasteiger partial charge in [-0.2, -0.15) is 0 Å². The predicted molar refractivity (Wildman–Crippen MR) is 127 cm³/mol. The van der Waals surface area contributed by atoms with Crippen LogP contribution in [-0.4, -0.2) is 36.2 Å². The van der Waals surface area contributed by atoms with Gasteiger partial charge in [0.05, 0.1) is 0 Å². The topological polar surface area (TPSA) is 35.5 Å². The molecule has 1 atom stereocenters. The summed E-state index contributed by atoms with van der Waals surface area (Å²) in [5.74, 6) is 0.519. The van der Waals surface area contributed by atoms with E-state index in [9.17, 15) is 5.11 Å². The van der Waals surface area contributed by atoms with Crippen molar-refractivity contribution in [1.82, 2.24) is 10.2 Å². The molecule has 28 heavy (non-hydrogen) atoms. The zero-order chi connectivity index (χ0) is 19.5. The summed E-state index contributed by atoms with van der Waals surface area (Å²) in [6, 6.07) is 4.82. The summed E-state index contributed by atoms with van der Waals surface area (Å²) in [7, 11) is 0. The van der Waals surface area contributed by atoms with Crippen LogP contribution in [0.25, 0.3) is 0 Å². The molecular formula is C23H42Cl2N2O. The lowest BCUT2D eigenvalue weighted by Gasteiger charge is -2.37. The van der Waals surface area contributed by atoms with Crippen molar-refractivity contribution in [3.8, 4) is 5.75 Å². The smallest absolute Gasteiger partial charge is 0.124 e. The van der Waals surface area contributed by atoms with Gasteiger partial charge in [0.1, 0.15) is 5.75 Å². The molecule has 0 radical (unpaired) electrons. The first-order chi connectivity index (χ1) is 12.1. The van der Waals surface area contributed by atoms with Gasteiger partial charge in [-0.25, -0.2) is 0 Å². The summed E-state index contributed by atoms with van der Waals surface area (Å²) in [4.78, 5) is 2.57. The Bertz CT molecular complexity index is 600. The molecule has 164 valence electrons. The first-order valence-electron chi connectivity index (χ1n) is 10.4. The van der Waals surface area contributed by atoms with Gasteiger partial charge < -0.3 is 10.4 Å². The average molecular weight is 434 g/mol. The first kappa shape index (κ1) is 27.5. The van der Waals surface area contributed by atoms with Crippen LogP contribution in [0.5, 0.6) is 5.75 Å². The summed E-state index contributed by atoms with van der Waals surface area (Å²) in [5, 5.41) is 14.7. The fourth-order valence-electron chi connectivity index (χ4n) is 3.84. The Hall–Kier alpha value is -0.480. The Balaban J connectivity index is 0.00000364. The molecule has 0 amide bonds. The van der Waals surface area contributed by atoms with Crippen molar-refractivity contribution in [2.45, 2.75) is 84.6 Å². The van der Waals surface area contributed by atoms with Crippen LogP contribution in [0, 0.1) is 0 Å². The molecule has 2 rings (SSSR count). The zero-order valence-corrected chi connectivity index (χ0v) is 20.5. The Morgan fingerprint density at radius 2 is 1.57 bits per heavy atom. The maximum atomic E-state index is 11.3. The van der Waals surface area contributed by atoms with Crippen LogP contribution in [0.1, 0.15) is 90.5 Å². The lowest BCUT2D eigenvalue weighted by Crippen LogP contribution is -2.45. The summed E-state index contributed by atoms with van der Waals surface area (Å²) in [6.07, 6.45) is 3.49. The van der Waals surface area contributed by atoms with Crippen LogP contribution in [0.2, 0.25) is 0 Å². The largest absolute Gasteiger partial charge is 0.507 e. The molecule has 3 nitrogen and oxygen atoms in total. The van der Waals surface area contributed by atoms with Gasteiger partial charge in [0.25, 0.3) is 0 Å². The van der Waals surface area contributed by atoms with Crippen LogP contribution in [0.4, 0.5) is 0 Å². The lowest BCUT2D eigenvalue weighted by molar-refractivity contribution is 0.160. The second kappa shape index (κ2) is 11.1. The number of hydrogen-bond donors (Lipinski definition) is 2. The van der Waals surface area contributed by atoms with E-state index < -0.39 is 0 Å². The maximum absolute atomic E-state index is 11.3. The Kier molecular flexibility index (Phi) is 10.9. The number of halogens is 2. The molecule has 1 aliphatic rings. The minimum Gasteiger partial charge on any atom is -0.507 e. The minimum atomic E-state index is -0.0706. The summed E-state index contributed by atoms with van der Waals surface area (Å²) in [5.41, 5.74) is 3.54. The molecule has 1 aromatic carbocycles. The van der Waals surface area contributed by atoms with Crippen LogP contribution in [0.15, 0.2) is 12.1 Å². The Morgan fingerprint density at radius 1 is 1.00 bits per heavy atom. The van der Waals surface area contributed by atoms with E-state index >= 15 is 0 Å². The molecule has 0 aromatic heterocycles. The highest BCUT2D eigenvalue weighted by molar-refractivity contribution is 5.85. The van der Waals surface area contributed by atoms with E-state index in [4.69, 9.17) is 0 Å². The van der Waals surface area contributed by atoms with Crippen molar-refractivity contribution in [3.63, 3.8) is 0 Å². The third kappa shape index (κ3) is 6.79. The van der Waals surface area contributed by atoms with E-state index in [0.29, 0.717) is 11.8 Å². The van der Waals surface area contributed by atoms with Gasteiger partial charge in [0, 0.05) is 37.8 Å². The summed E-state index contributed by atoms with van der Waals surface area (Å²) >= 11 is 0. The Labute approximate surface area is 185 Å². The fraction of sp³-hybridized carbons (Fsp3) is 0.739. The van der Waals surface area contributed by atoms with Gasteiger partial charge in [-0.15, -0.1) is 24.8 Å². The molecule has 0 spiro atoms. The molecule has 0 saturated carbocycles. The number of phenolic OH excluding ortho intramolecular Hbond substituents is 1. The number of nitrogens with one attached hydrogen (secondary N) is 1. The van der Waals surface area contributed by atoms with Crippen LogP contribution in [0.3, 0.4) is 0 Å². The fourth-order valence-corrected chi connectivity index (χ4v) is 3.84. The molecule has 1 saturated heterocycles. The van der Waals surface area contributed by atoms with Crippen molar-refractivity contribution in [1.29, 1.82) is 0 Å². The van der Waals surface area contributed by atoms with Crippen molar-refractivity contribution in [2.75, 3.05) is 26.2 Å². The van der Waals surface area contributed by atoms with Crippen molar-refractivity contribution in [2.24, 2.45) is 0 Å². The molecule has 2 N–H and O–H groups in total. The summed E-state index contributed by atoms with van der Waals surface area (Å²) < 4.78 is 0. The van der Waals surface area contributed by atoms with E-state index in [1.807, 2.05) is 0 Å². The van der Waals surface area contributed by atoms with Crippen LogP contribution >= 0.6 is 24.8 Å². The standard InChI is InChI=1S/C23H40N2O.2ClH/c1-8-9-10-20(25-13-11-24-12-14-25)18-15-17(22(2,3)4)16-19(21(18)26)23(5,6)7;;/h15-16,20,24,26H,8-14H2,1-7H3;2*1H/t20-;;/m1../s1. The van der Waals surface area contributed by atoms with Crippen LogP contribution in [-0.2, 0) is 10.8 Å². The highest BCUT2D eigenvalue weighted by atomic mass is 35.5. The number of rotatable bonds is 5. The van der Waals surface area contributed by atoms with Gasteiger partial charge in [0.15, 0.2) is 0 Å². The first-order valence-corrected chi connectivity index (χ1v) is 10.4. The molecule has 0 unspecified atom stereocenters. The minimum absolute atomic E-state index is 0. The molecular weight excluding hydrogens is 391 g/mol. The predicted octanol–water partition coefficient (Wildman–Crippen LogP) is 5.97. The average Bonchev–Trinajstić information content (AvgIpc) is 2.55. The number of hydrogen-bond acceptors (Lipinski definition) is 3. The van der Waals surface area contributed by atoms with Crippen molar-refractivity contribution in [3.05, 3.63) is 28.8 Å². The second-order valence-corrected chi connectivity index (χ2v) is 9.91.